The van der Waals surface area contributed by atoms with Gasteiger partial charge in [0.1, 0.15) is 11.6 Å². The van der Waals surface area contributed by atoms with E-state index in [0.717, 1.165) is 5.75 Å². The van der Waals surface area contributed by atoms with E-state index in [2.05, 4.69) is 34.5 Å². The molecule has 1 saturated heterocycles. The van der Waals surface area contributed by atoms with Crippen LogP contribution in [0.25, 0.3) is 0 Å². The van der Waals surface area contributed by atoms with E-state index < -0.39 is 5.60 Å². The van der Waals surface area contributed by atoms with Crippen LogP contribution in [0.2, 0.25) is 0 Å². The second-order valence-corrected chi connectivity index (χ2v) is 7.59. The highest BCUT2D eigenvalue weighted by molar-refractivity contribution is 7.99. The van der Waals surface area contributed by atoms with Gasteiger partial charge in [0.25, 0.3) is 0 Å². The molecule has 5 heteroatoms. The molecule has 116 valence electrons. The number of ether oxygens (including phenoxy) is 1. The summed E-state index contributed by atoms with van der Waals surface area (Å²) in [5.74, 6) is 0.581. The van der Waals surface area contributed by atoms with Crippen molar-refractivity contribution in [2.24, 2.45) is 0 Å². The van der Waals surface area contributed by atoms with E-state index in [4.69, 9.17) is 4.74 Å². The zero-order valence-electron chi connectivity index (χ0n) is 13.3. The predicted octanol–water partition coefficient (Wildman–Crippen LogP) is 2.80. The highest BCUT2D eigenvalue weighted by atomic mass is 32.2. The Hall–Kier alpha value is -1.20. The normalized spacial score (nSPS) is 22.1. The number of hydrogen-bond donors (Lipinski definition) is 1. The van der Waals surface area contributed by atoms with Gasteiger partial charge in [-0.25, -0.2) is 0 Å². The lowest BCUT2D eigenvalue weighted by Crippen LogP contribution is -2.39. The first-order chi connectivity index (χ1) is 9.76. The molecular formula is C16H24N2O2S. The van der Waals surface area contributed by atoms with Gasteiger partial charge in [-0.2, -0.15) is 0 Å². The van der Waals surface area contributed by atoms with E-state index >= 15 is 0 Å². The Balaban J connectivity index is 1.97. The predicted molar refractivity (Wildman–Crippen MR) is 88.7 cm³/mol. The van der Waals surface area contributed by atoms with E-state index in [1.54, 1.807) is 11.8 Å². The van der Waals surface area contributed by atoms with E-state index in [1.807, 2.05) is 34.9 Å². The fraction of sp³-hybridized carbons (Fsp3) is 0.562. The van der Waals surface area contributed by atoms with Crippen LogP contribution in [0.15, 0.2) is 24.3 Å². The van der Waals surface area contributed by atoms with Crippen molar-refractivity contribution in [3.05, 3.63) is 29.8 Å². The highest BCUT2D eigenvalue weighted by Crippen LogP contribution is 2.34. The maximum absolute atomic E-state index is 12.1. The summed E-state index contributed by atoms with van der Waals surface area (Å²) in [6.07, 6.45) is 0. The third kappa shape index (κ3) is 4.38. The van der Waals surface area contributed by atoms with Crippen molar-refractivity contribution < 1.29 is 9.53 Å². The fourth-order valence-corrected chi connectivity index (χ4v) is 3.35. The minimum absolute atomic E-state index is 0.152. The Morgan fingerprint density at radius 2 is 1.90 bits per heavy atom. The minimum Gasteiger partial charge on any atom is -0.459 e. The van der Waals surface area contributed by atoms with Gasteiger partial charge >= 0.3 is 5.97 Å². The molecule has 0 saturated carbocycles. The SMILES string of the molecule is CN(C)c1ccc(C2N[C@H](C(=O)OC(C)(C)C)CS2)cc1. The van der Waals surface area contributed by atoms with Crippen LogP contribution in [0.5, 0.6) is 0 Å². The van der Waals surface area contributed by atoms with Gasteiger partial charge in [0.05, 0.1) is 5.37 Å². The summed E-state index contributed by atoms with van der Waals surface area (Å²) in [6.45, 7) is 5.68. The van der Waals surface area contributed by atoms with Gasteiger partial charge < -0.3 is 9.64 Å². The molecular weight excluding hydrogens is 284 g/mol. The molecule has 2 rings (SSSR count). The molecule has 1 aromatic carbocycles. The molecule has 1 unspecified atom stereocenters. The van der Waals surface area contributed by atoms with Crippen LogP contribution >= 0.6 is 11.8 Å². The van der Waals surface area contributed by atoms with Crippen molar-refractivity contribution in [3.8, 4) is 0 Å². The molecule has 0 aromatic heterocycles. The molecule has 0 bridgehead atoms. The van der Waals surface area contributed by atoms with Crippen LogP contribution in [-0.2, 0) is 9.53 Å². The van der Waals surface area contributed by atoms with Crippen molar-refractivity contribution in [2.75, 3.05) is 24.7 Å². The summed E-state index contributed by atoms with van der Waals surface area (Å²) < 4.78 is 5.43. The maximum Gasteiger partial charge on any atom is 0.324 e. The number of nitrogens with one attached hydrogen (secondary N) is 1. The molecule has 1 aromatic rings. The van der Waals surface area contributed by atoms with Gasteiger partial charge in [-0.1, -0.05) is 12.1 Å². The summed E-state index contributed by atoms with van der Waals surface area (Å²) in [5.41, 5.74) is 1.93. The van der Waals surface area contributed by atoms with Gasteiger partial charge in [-0.05, 0) is 38.5 Å². The second kappa shape index (κ2) is 6.28. The highest BCUT2D eigenvalue weighted by Gasteiger charge is 2.33. The number of hydrogen-bond acceptors (Lipinski definition) is 5. The van der Waals surface area contributed by atoms with Gasteiger partial charge in [-0.3, -0.25) is 10.1 Å². The van der Waals surface area contributed by atoms with Gasteiger partial charge in [-0.15, -0.1) is 11.8 Å². The lowest BCUT2D eigenvalue weighted by atomic mass is 10.1. The largest absolute Gasteiger partial charge is 0.459 e. The number of anilines is 1. The molecule has 0 aliphatic carbocycles. The molecule has 1 fully saturated rings. The number of thioether (sulfide) groups is 1. The Morgan fingerprint density at radius 1 is 1.29 bits per heavy atom. The van der Waals surface area contributed by atoms with E-state index in [0.29, 0.717) is 0 Å². The number of carbonyl (C=O) groups is 1. The number of carbonyl (C=O) groups excluding carboxylic acids is 1. The van der Waals surface area contributed by atoms with Crippen molar-refractivity contribution in [2.45, 2.75) is 37.8 Å². The summed E-state index contributed by atoms with van der Waals surface area (Å²) in [4.78, 5) is 14.1. The molecule has 1 aliphatic rings. The molecule has 0 amide bonds. The fourth-order valence-electron chi connectivity index (χ4n) is 2.12. The summed E-state index contributed by atoms with van der Waals surface area (Å²) >= 11 is 1.75. The summed E-state index contributed by atoms with van der Waals surface area (Å²) in [6, 6.07) is 8.18. The molecule has 21 heavy (non-hydrogen) atoms. The van der Waals surface area contributed by atoms with E-state index in [-0.39, 0.29) is 17.4 Å². The zero-order valence-corrected chi connectivity index (χ0v) is 14.2. The first-order valence-electron chi connectivity index (χ1n) is 7.14. The smallest absolute Gasteiger partial charge is 0.324 e. The number of esters is 1. The lowest BCUT2D eigenvalue weighted by Gasteiger charge is -2.22. The number of benzene rings is 1. The van der Waals surface area contributed by atoms with Crippen LogP contribution in [0, 0.1) is 0 Å². The van der Waals surface area contributed by atoms with Crippen molar-refractivity contribution >= 4 is 23.4 Å². The number of nitrogens with zero attached hydrogens (tertiary/aromatic N) is 1. The molecule has 1 heterocycles. The first kappa shape index (κ1) is 16.2. The Morgan fingerprint density at radius 3 is 2.43 bits per heavy atom. The first-order valence-corrected chi connectivity index (χ1v) is 8.19. The maximum atomic E-state index is 12.1. The minimum atomic E-state index is -0.436. The zero-order chi connectivity index (χ0) is 15.6. The van der Waals surface area contributed by atoms with Crippen LogP contribution in [0.3, 0.4) is 0 Å². The standard InChI is InChI=1S/C16H24N2O2S/c1-16(2,3)20-15(19)13-10-21-14(17-13)11-6-8-12(9-7-11)18(4)5/h6-9,13-14,17H,10H2,1-5H3/t13-,14?/m0/s1. The average Bonchev–Trinajstić information content (AvgIpc) is 2.86. The topological polar surface area (TPSA) is 41.6 Å². The van der Waals surface area contributed by atoms with Crippen LogP contribution in [-0.4, -0.2) is 37.5 Å². The molecule has 1 aliphatic heterocycles. The monoisotopic (exact) mass is 308 g/mol. The quantitative estimate of drug-likeness (QED) is 0.870. The third-order valence-corrected chi connectivity index (χ3v) is 4.45. The van der Waals surface area contributed by atoms with Crippen LogP contribution in [0.4, 0.5) is 5.69 Å². The second-order valence-electron chi connectivity index (χ2n) is 6.45. The molecule has 0 radical (unpaired) electrons. The molecule has 0 spiro atoms. The van der Waals surface area contributed by atoms with Crippen molar-refractivity contribution in [1.29, 1.82) is 0 Å². The molecule has 1 N–H and O–H groups in total. The summed E-state index contributed by atoms with van der Waals surface area (Å²) in [7, 11) is 4.05. The summed E-state index contributed by atoms with van der Waals surface area (Å²) in [5, 5.41) is 3.50. The average molecular weight is 308 g/mol. The van der Waals surface area contributed by atoms with E-state index in [9.17, 15) is 4.79 Å². The van der Waals surface area contributed by atoms with Gasteiger partial charge in [0, 0.05) is 25.5 Å². The third-order valence-electron chi connectivity index (χ3n) is 3.19. The molecule has 2 atom stereocenters. The van der Waals surface area contributed by atoms with Gasteiger partial charge in [0.2, 0.25) is 0 Å². The Bertz CT molecular complexity index is 494. The molecule has 4 nitrogen and oxygen atoms in total. The Labute approximate surface area is 131 Å². The van der Waals surface area contributed by atoms with Gasteiger partial charge in [0.15, 0.2) is 0 Å². The Kier molecular flexibility index (Phi) is 4.84. The van der Waals surface area contributed by atoms with Crippen molar-refractivity contribution in [3.63, 3.8) is 0 Å². The van der Waals surface area contributed by atoms with Crippen molar-refractivity contribution in [1.82, 2.24) is 5.32 Å². The van der Waals surface area contributed by atoms with E-state index in [1.165, 1.54) is 11.3 Å². The van der Waals surface area contributed by atoms with Crippen LogP contribution in [0.1, 0.15) is 31.7 Å². The van der Waals surface area contributed by atoms with Crippen LogP contribution < -0.4 is 10.2 Å². The lowest BCUT2D eigenvalue weighted by molar-refractivity contribution is -0.156. The number of rotatable bonds is 3.